The Morgan fingerprint density at radius 2 is 1.96 bits per heavy atom. The molecule has 1 saturated heterocycles. The van der Waals surface area contributed by atoms with Crippen LogP contribution < -0.4 is 15.0 Å². The smallest absolute Gasteiger partial charge is 0.263 e. The molecule has 24 heavy (non-hydrogen) atoms. The molecule has 1 aromatic heterocycles. The second-order valence-electron chi connectivity index (χ2n) is 5.65. The van der Waals surface area contributed by atoms with Gasteiger partial charge in [-0.25, -0.2) is 4.98 Å². The molecule has 0 bridgehead atoms. The quantitative estimate of drug-likeness (QED) is 0.912. The van der Waals surface area contributed by atoms with Crippen LogP contribution in [-0.2, 0) is 9.53 Å². The van der Waals surface area contributed by atoms with Crippen LogP contribution in [0.15, 0.2) is 42.6 Å². The summed E-state index contributed by atoms with van der Waals surface area (Å²) in [7, 11) is 0. The molecule has 1 aliphatic heterocycles. The van der Waals surface area contributed by atoms with Crippen molar-refractivity contribution in [2.24, 2.45) is 0 Å². The Labute approximate surface area is 141 Å². The van der Waals surface area contributed by atoms with Crippen molar-refractivity contribution in [3.63, 3.8) is 0 Å². The van der Waals surface area contributed by atoms with Gasteiger partial charge in [0.1, 0.15) is 11.6 Å². The van der Waals surface area contributed by atoms with Gasteiger partial charge in [-0.2, -0.15) is 0 Å². The highest BCUT2D eigenvalue weighted by Crippen LogP contribution is 2.16. The Hall–Kier alpha value is -2.60. The lowest BCUT2D eigenvalue weighted by Crippen LogP contribution is -2.36. The first-order valence-electron chi connectivity index (χ1n) is 7.99. The van der Waals surface area contributed by atoms with Gasteiger partial charge < -0.3 is 19.7 Å². The molecule has 0 atom stereocenters. The summed E-state index contributed by atoms with van der Waals surface area (Å²) >= 11 is 0. The first kappa shape index (κ1) is 16.3. The predicted octanol–water partition coefficient (Wildman–Crippen LogP) is 2.24. The highest BCUT2D eigenvalue weighted by Gasteiger charge is 2.12. The maximum Gasteiger partial charge on any atom is 0.263 e. The largest absolute Gasteiger partial charge is 0.484 e. The number of nitrogens with one attached hydrogen (secondary N) is 1. The molecule has 0 unspecified atom stereocenters. The third-order valence-corrected chi connectivity index (χ3v) is 3.78. The fourth-order valence-electron chi connectivity index (χ4n) is 2.43. The predicted molar refractivity (Wildman–Crippen MR) is 92.6 cm³/mol. The number of hydrogen-bond donors (Lipinski definition) is 1. The zero-order valence-corrected chi connectivity index (χ0v) is 13.7. The van der Waals surface area contributed by atoms with Gasteiger partial charge in [-0.1, -0.05) is 17.7 Å². The lowest BCUT2D eigenvalue weighted by atomic mass is 10.2. The van der Waals surface area contributed by atoms with Crippen molar-refractivity contribution >= 4 is 17.4 Å². The molecule has 0 aliphatic carbocycles. The SMILES string of the molecule is Cc1ccc(OCC(=O)Nc2ccc(N3CCOCC3)cn2)cc1. The van der Waals surface area contributed by atoms with Gasteiger partial charge in [0.05, 0.1) is 25.1 Å². The van der Waals surface area contributed by atoms with E-state index in [9.17, 15) is 4.79 Å². The number of aromatic nitrogens is 1. The molecule has 6 nitrogen and oxygen atoms in total. The fraction of sp³-hybridized carbons (Fsp3) is 0.333. The minimum atomic E-state index is -0.234. The summed E-state index contributed by atoms with van der Waals surface area (Å²) in [5.74, 6) is 0.957. The number of hydrogen-bond acceptors (Lipinski definition) is 5. The second kappa shape index (κ2) is 7.79. The summed E-state index contributed by atoms with van der Waals surface area (Å²) in [5, 5.41) is 2.74. The van der Waals surface area contributed by atoms with Gasteiger partial charge in [0.2, 0.25) is 0 Å². The first-order chi connectivity index (χ1) is 11.7. The number of nitrogens with zero attached hydrogens (tertiary/aromatic N) is 2. The molecule has 6 heteroatoms. The number of aryl methyl sites for hydroxylation is 1. The number of carbonyl (C=O) groups is 1. The van der Waals surface area contributed by atoms with Crippen LogP contribution in [0.5, 0.6) is 5.75 Å². The van der Waals surface area contributed by atoms with E-state index in [0.29, 0.717) is 11.6 Å². The van der Waals surface area contributed by atoms with E-state index < -0.39 is 0 Å². The van der Waals surface area contributed by atoms with Crippen LogP contribution in [0.2, 0.25) is 0 Å². The molecular formula is C18H21N3O3. The molecule has 0 saturated carbocycles. The van der Waals surface area contributed by atoms with Crippen LogP contribution in [0.4, 0.5) is 11.5 Å². The Morgan fingerprint density at radius 1 is 1.21 bits per heavy atom. The highest BCUT2D eigenvalue weighted by molar-refractivity contribution is 5.91. The Bertz CT molecular complexity index is 665. The molecule has 2 heterocycles. The Morgan fingerprint density at radius 3 is 2.62 bits per heavy atom. The third-order valence-electron chi connectivity index (χ3n) is 3.78. The van der Waals surface area contributed by atoms with Crippen LogP contribution in [0.25, 0.3) is 0 Å². The third kappa shape index (κ3) is 4.45. The Kier molecular flexibility index (Phi) is 5.28. The van der Waals surface area contributed by atoms with Gasteiger partial charge in [0.25, 0.3) is 5.91 Å². The zero-order valence-electron chi connectivity index (χ0n) is 13.7. The van der Waals surface area contributed by atoms with E-state index in [1.165, 1.54) is 0 Å². The van der Waals surface area contributed by atoms with Gasteiger partial charge >= 0.3 is 0 Å². The number of rotatable bonds is 5. The van der Waals surface area contributed by atoms with Gasteiger partial charge in [-0.05, 0) is 31.2 Å². The second-order valence-corrected chi connectivity index (χ2v) is 5.65. The molecule has 126 valence electrons. The average Bonchev–Trinajstić information content (AvgIpc) is 2.63. The number of anilines is 2. The normalized spacial score (nSPS) is 14.3. The minimum absolute atomic E-state index is 0.0457. The van der Waals surface area contributed by atoms with Gasteiger partial charge in [0.15, 0.2) is 6.61 Å². The number of morpholine rings is 1. The van der Waals surface area contributed by atoms with Crippen molar-refractivity contribution in [1.29, 1.82) is 0 Å². The molecule has 1 N–H and O–H groups in total. The van der Waals surface area contributed by atoms with Gasteiger partial charge in [-0.15, -0.1) is 0 Å². The first-order valence-corrected chi connectivity index (χ1v) is 7.99. The van der Waals surface area contributed by atoms with Crippen LogP contribution in [0.1, 0.15) is 5.56 Å². The van der Waals surface area contributed by atoms with Crippen molar-refractivity contribution in [1.82, 2.24) is 4.98 Å². The summed E-state index contributed by atoms with van der Waals surface area (Å²) in [6.45, 7) is 5.14. The maximum atomic E-state index is 11.9. The van der Waals surface area contributed by atoms with E-state index in [1.807, 2.05) is 37.3 Å². The van der Waals surface area contributed by atoms with Crippen LogP contribution in [0.3, 0.4) is 0 Å². The number of benzene rings is 1. The molecule has 1 amide bonds. The number of carbonyl (C=O) groups excluding carboxylic acids is 1. The van der Waals surface area contributed by atoms with E-state index in [4.69, 9.17) is 9.47 Å². The summed E-state index contributed by atoms with van der Waals surface area (Å²) in [6.07, 6.45) is 1.77. The van der Waals surface area contributed by atoms with Crippen LogP contribution in [0, 0.1) is 6.92 Å². The van der Waals surface area contributed by atoms with E-state index in [-0.39, 0.29) is 12.5 Å². The van der Waals surface area contributed by atoms with Crippen molar-refractivity contribution in [2.75, 3.05) is 43.1 Å². The number of pyridine rings is 1. The molecular weight excluding hydrogens is 306 g/mol. The zero-order chi connectivity index (χ0) is 16.8. The van der Waals surface area contributed by atoms with E-state index in [1.54, 1.807) is 12.3 Å². The van der Waals surface area contributed by atoms with E-state index in [2.05, 4.69) is 15.2 Å². The minimum Gasteiger partial charge on any atom is -0.484 e. The summed E-state index contributed by atoms with van der Waals surface area (Å²) < 4.78 is 10.8. The molecule has 1 aliphatic rings. The monoisotopic (exact) mass is 327 g/mol. The average molecular weight is 327 g/mol. The number of ether oxygens (including phenoxy) is 2. The van der Waals surface area contributed by atoms with E-state index in [0.717, 1.165) is 37.6 Å². The van der Waals surface area contributed by atoms with Gasteiger partial charge in [0, 0.05) is 13.1 Å². The molecule has 0 radical (unpaired) electrons. The molecule has 0 spiro atoms. The summed E-state index contributed by atoms with van der Waals surface area (Å²) in [6, 6.07) is 11.3. The molecule has 3 rings (SSSR count). The maximum absolute atomic E-state index is 11.9. The highest BCUT2D eigenvalue weighted by atomic mass is 16.5. The molecule has 1 aromatic carbocycles. The molecule has 2 aromatic rings. The topological polar surface area (TPSA) is 63.7 Å². The number of amides is 1. The standard InChI is InChI=1S/C18H21N3O3/c1-14-2-5-16(6-3-14)24-13-18(22)20-17-7-4-15(12-19-17)21-8-10-23-11-9-21/h2-7,12H,8-11,13H2,1H3,(H,19,20,22). The van der Waals surface area contributed by atoms with Crippen LogP contribution >= 0.6 is 0 Å². The summed E-state index contributed by atoms with van der Waals surface area (Å²) in [5.41, 5.74) is 2.18. The van der Waals surface area contributed by atoms with Crippen molar-refractivity contribution in [2.45, 2.75) is 6.92 Å². The molecule has 1 fully saturated rings. The fourth-order valence-corrected chi connectivity index (χ4v) is 2.43. The van der Waals surface area contributed by atoms with Crippen molar-refractivity contribution < 1.29 is 14.3 Å². The lowest BCUT2D eigenvalue weighted by molar-refractivity contribution is -0.118. The van der Waals surface area contributed by atoms with E-state index >= 15 is 0 Å². The van der Waals surface area contributed by atoms with Gasteiger partial charge in [-0.3, -0.25) is 4.79 Å². The van der Waals surface area contributed by atoms with Crippen LogP contribution in [-0.4, -0.2) is 43.8 Å². The Balaban J connectivity index is 1.49. The lowest BCUT2D eigenvalue weighted by Gasteiger charge is -2.28. The van der Waals surface area contributed by atoms with Crippen molar-refractivity contribution in [3.8, 4) is 5.75 Å². The summed E-state index contributed by atoms with van der Waals surface area (Å²) in [4.78, 5) is 18.4. The van der Waals surface area contributed by atoms with Crippen molar-refractivity contribution in [3.05, 3.63) is 48.2 Å².